The molecular weight excluding hydrogens is 386 g/mol. The van der Waals surface area contributed by atoms with E-state index in [4.69, 9.17) is 14.6 Å². The maximum atomic E-state index is 12.8. The minimum Gasteiger partial charge on any atom is -0.497 e. The molecule has 1 aromatic heterocycles. The SMILES string of the molecule is CCOc1ccc(CC(=O)Nc2c3c(nn2-c2ccc(OC)cc2)CSC3)cc1. The normalized spacial score (nSPS) is 12.5. The summed E-state index contributed by atoms with van der Waals surface area (Å²) in [5.74, 6) is 3.99. The molecule has 1 aliphatic heterocycles. The van der Waals surface area contributed by atoms with Crippen molar-refractivity contribution in [2.75, 3.05) is 19.0 Å². The molecule has 0 spiro atoms. The van der Waals surface area contributed by atoms with Gasteiger partial charge in [-0.15, -0.1) is 0 Å². The molecule has 1 amide bonds. The maximum absolute atomic E-state index is 12.8. The molecule has 6 nitrogen and oxygen atoms in total. The average Bonchev–Trinajstić information content (AvgIpc) is 3.32. The van der Waals surface area contributed by atoms with E-state index in [0.717, 1.165) is 51.3 Å². The van der Waals surface area contributed by atoms with Gasteiger partial charge in [0.1, 0.15) is 17.3 Å². The maximum Gasteiger partial charge on any atom is 0.229 e. The molecule has 0 saturated carbocycles. The molecule has 2 heterocycles. The molecule has 1 aliphatic rings. The van der Waals surface area contributed by atoms with Gasteiger partial charge >= 0.3 is 0 Å². The van der Waals surface area contributed by atoms with Gasteiger partial charge in [-0.25, -0.2) is 4.68 Å². The molecule has 0 fully saturated rings. The molecule has 1 N–H and O–H groups in total. The van der Waals surface area contributed by atoms with E-state index in [1.165, 1.54) is 0 Å². The van der Waals surface area contributed by atoms with Crippen LogP contribution in [0.15, 0.2) is 48.5 Å². The Morgan fingerprint density at radius 2 is 1.83 bits per heavy atom. The van der Waals surface area contributed by atoms with Crippen LogP contribution in [0.3, 0.4) is 0 Å². The van der Waals surface area contributed by atoms with Gasteiger partial charge in [0.2, 0.25) is 5.91 Å². The summed E-state index contributed by atoms with van der Waals surface area (Å²) >= 11 is 1.81. The summed E-state index contributed by atoms with van der Waals surface area (Å²) in [7, 11) is 1.64. The second-order valence-corrected chi connectivity index (χ2v) is 7.66. The fourth-order valence-electron chi connectivity index (χ4n) is 3.28. The number of thioether (sulfide) groups is 1. The van der Waals surface area contributed by atoms with Crippen molar-refractivity contribution < 1.29 is 14.3 Å². The van der Waals surface area contributed by atoms with Crippen LogP contribution in [-0.2, 0) is 22.7 Å². The van der Waals surface area contributed by atoms with Crippen LogP contribution in [0, 0.1) is 0 Å². The van der Waals surface area contributed by atoms with Gasteiger partial charge < -0.3 is 14.8 Å². The van der Waals surface area contributed by atoms with E-state index in [-0.39, 0.29) is 5.91 Å². The Hall–Kier alpha value is -2.93. The highest BCUT2D eigenvalue weighted by Gasteiger charge is 2.24. The van der Waals surface area contributed by atoms with Crippen molar-refractivity contribution in [3.05, 3.63) is 65.4 Å². The lowest BCUT2D eigenvalue weighted by atomic mass is 10.1. The molecule has 2 aromatic carbocycles. The molecule has 150 valence electrons. The molecule has 0 saturated heterocycles. The number of methoxy groups -OCH3 is 1. The van der Waals surface area contributed by atoms with E-state index < -0.39 is 0 Å². The lowest BCUT2D eigenvalue weighted by Crippen LogP contribution is -2.18. The molecule has 0 radical (unpaired) electrons. The van der Waals surface area contributed by atoms with Crippen LogP contribution in [0.5, 0.6) is 11.5 Å². The number of amides is 1. The summed E-state index contributed by atoms with van der Waals surface area (Å²) in [6, 6.07) is 15.3. The monoisotopic (exact) mass is 409 g/mol. The number of nitrogens with one attached hydrogen (secondary N) is 1. The smallest absolute Gasteiger partial charge is 0.229 e. The summed E-state index contributed by atoms with van der Waals surface area (Å²) < 4.78 is 12.5. The first-order valence-corrected chi connectivity index (χ1v) is 10.7. The molecule has 0 atom stereocenters. The van der Waals surface area contributed by atoms with Crippen molar-refractivity contribution in [2.24, 2.45) is 0 Å². The van der Waals surface area contributed by atoms with Crippen LogP contribution in [0.1, 0.15) is 23.7 Å². The Bertz CT molecular complexity index is 997. The number of ether oxygens (including phenoxy) is 2. The summed E-state index contributed by atoms with van der Waals surface area (Å²) in [5.41, 5.74) is 3.96. The van der Waals surface area contributed by atoms with Gasteiger partial charge in [0.05, 0.1) is 31.5 Å². The Labute approximate surface area is 174 Å². The highest BCUT2D eigenvalue weighted by atomic mass is 32.2. The van der Waals surface area contributed by atoms with Gasteiger partial charge in [0.15, 0.2) is 0 Å². The first-order valence-electron chi connectivity index (χ1n) is 9.52. The molecule has 3 aromatic rings. The van der Waals surface area contributed by atoms with Crippen LogP contribution in [-0.4, -0.2) is 29.4 Å². The minimum absolute atomic E-state index is 0.0662. The number of rotatable bonds is 7. The fraction of sp³-hybridized carbons (Fsp3) is 0.273. The zero-order chi connectivity index (χ0) is 20.2. The average molecular weight is 410 g/mol. The third-order valence-corrected chi connectivity index (χ3v) is 5.70. The van der Waals surface area contributed by atoms with Crippen molar-refractivity contribution in [2.45, 2.75) is 24.9 Å². The van der Waals surface area contributed by atoms with Crippen molar-refractivity contribution >= 4 is 23.5 Å². The number of benzene rings is 2. The number of nitrogens with zero attached hydrogens (tertiary/aromatic N) is 2. The van der Waals surface area contributed by atoms with Gasteiger partial charge in [-0.05, 0) is 48.9 Å². The van der Waals surface area contributed by atoms with Gasteiger partial charge in [-0.3, -0.25) is 4.79 Å². The fourth-order valence-corrected chi connectivity index (χ4v) is 4.32. The van der Waals surface area contributed by atoms with Crippen LogP contribution in [0.4, 0.5) is 5.82 Å². The quantitative estimate of drug-likeness (QED) is 0.633. The molecule has 0 unspecified atom stereocenters. The zero-order valence-electron chi connectivity index (χ0n) is 16.5. The lowest BCUT2D eigenvalue weighted by molar-refractivity contribution is -0.115. The van der Waals surface area contributed by atoms with E-state index in [0.29, 0.717) is 13.0 Å². The summed E-state index contributed by atoms with van der Waals surface area (Å²) in [6.45, 7) is 2.57. The summed E-state index contributed by atoms with van der Waals surface area (Å²) in [5, 5.41) is 7.82. The third kappa shape index (κ3) is 4.24. The van der Waals surface area contributed by atoms with Crippen LogP contribution in [0.2, 0.25) is 0 Å². The number of carbonyl (C=O) groups excluding carboxylic acids is 1. The second-order valence-electron chi connectivity index (χ2n) is 6.68. The second kappa shape index (κ2) is 8.61. The van der Waals surface area contributed by atoms with Gasteiger partial charge in [-0.1, -0.05) is 12.1 Å². The number of hydrogen-bond acceptors (Lipinski definition) is 5. The van der Waals surface area contributed by atoms with E-state index in [9.17, 15) is 4.79 Å². The van der Waals surface area contributed by atoms with E-state index in [2.05, 4.69) is 5.32 Å². The van der Waals surface area contributed by atoms with Crippen LogP contribution >= 0.6 is 11.8 Å². The molecular formula is C22H23N3O3S. The summed E-state index contributed by atoms with van der Waals surface area (Å²) in [6.07, 6.45) is 0.294. The molecule has 0 bridgehead atoms. The topological polar surface area (TPSA) is 65.4 Å². The van der Waals surface area contributed by atoms with Crippen LogP contribution in [0.25, 0.3) is 5.69 Å². The number of fused-ring (bicyclic) bond motifs is 1. The molecule has 29 heavy (non-hydrogen) atoms. The third-order valence-electron chi connectivity index (χ3n) is 4.73. The molecule has 4 rings (SSSR count). The van der Waals surface area contributed by atoms with Gasteiger partial charge in [0.25, 0.3) is 0 Å². The Morgan fingerprint density at radius 1 is 1.10 bits per heavy atom. The van der Waals surface area contributed by atoms with E-state index in [1.807, 2.05) is 71.9 Å². The predicted molar refractivity (Wildman–Crippen MR) is 115 cm³/mol. The van der Waals surface area contributed by atoms with E-state index in [1.54, 1.807) is 7.11 Å². The van der Waals surface area contributed by atoms with E-state index >= 15 is 0 Å². The number of anilines is 1. The largest absolute Gasteiger partial charge is 0.497 e. The van der Waals surface area contributed by atoms with Crippen molar-refractivity contribution in [3.63, 3.8) is 0 Å². The zero-order valence-corrected chi connectivity index (χ0v) is 17.3. The lowest BCUT2D eigenvalue weighted by Gasteiger charge is -2.12. The van der Waals surface area contributed by atoms with Crippen molar-refractivity contribution in [1.29, 1.82) is 0 Å². The number of hydrogen-bond donors (Lipinski definition) is 1. The Morgan fingerprint density at radius 3 is 2.52 bits per heavy atom. The highest BCUT2D eigenvalue weighted by molar-refractivity contribution is 7.98. The van der Waals surface area contributed by atoms with Gasteiger partial charge in [0, 0.05) is 17.1 Å². The highest BCUT2D eigenvalue weighted by Crippen LogP contribution is 2.36. The van der Waals surface area contributed by atoms with Crippen LogP contribution < -0.4 is 14.8 Å². The molecule has 7 heteroatoms. The van der Waals surface area contributed by atoms with Crippen molar-refractivity contribution in [1.82, 2.24) is 9.78 Å². The first-order chi connectivity index (χ1) is 14.2. The number of aromatic nitrogens is 2. The van der Waals surface area contributed by atoms with Gasteiger partial charge in [-0.2, -0.15) is 16.9 Å². The first kappa shape index (κ1) is 19.4. The predicted octanol–water partition coefficient (Wildman–Crippen LogP) is 4.21. The Balaban J connectivity index is 1.55. The Kier molecular flexibility index (Phi) is 5.76. The summed E-state index contributed by atoms with van der Waals surface area (Å²) in [4.78, 5) is 12.8. The standard InChI is InChI=1S/C22H23N3O3S/c1-3-28-18-8-4-15(5-9-18)12-21(26)23-22-19-13-29-14-20(19)24-25(22)16-6-10-17(27-2)11-7-16/h4-11H,3,12-14H2,1-2H3,(H,23,26). The minimum atomic E-state index is -0.0662. The molecule has 0 aliphatic carbocycles. The van der Waals surface area contributed by atoms with Crippen molar-refractivity contribution in [3.8, 4) is 17.2 Å². The number of carbonyl (C=O) groups is 1.